The highest BCUT2D eigenvalue weighted by molar-refractivity contribution is 7.79. The normalized spacial score (nSPS) is 12.1. The molecule has 0 unspecified atom stereocenters. The summed E-state index contributed by atoms with van der Waals surface area (Å²) >= 11 is 0. The van der Waals surface area contributed by atoms with Crippen LogP contribution in [-0.4, -0.2) is 18.9 Å². The van der Waals surface area contributed by atoms with E-state index >= 15 is 0 Å². The van der Waals surface area contributed by atoms with Crippen molar-refractivity contribution in [1.29, 1.82) is 0 Å². The van der Waals surface area contributed by atoms with Gasteiger partial charge in [0.1, 0.15) is 7.14 Å². The molecule has 0 amide bonds. The molecule has 0 atom stereocenters. The Kier molecular flexibility index (Phi) is 14.9. The zero-order chi connectivity index (χ0) is 17.4. The Bertz CT molecular complexity index is 355. The molecule has 3 heteroatoms. The lowest BCUT2D eigenvalue weighted by atomic mass is 10.1. The highest BCUT2D eigenvalue weighted by atomic mass is 31.2. The van der Waals surface area contributed by atoms with Crippen molar-refractivity contribution in [2.75, 3.05) is 13.3 Å². The van der Waals surface area contributed by atoms with Crippen LogP contribution in [0.3, 0.4) is 0 Å². The second-order valence-electron chi connectivity index (χ2n) is 7.08. The van der Waals surface area contributed by atoms with E-state index in [9.17, 15) is 9.36 Å². The summed E-state index contributed by atoms with van der Waals surface area (Å²) in [5, 5.41) is 0. The summed E-state index contributed by atoms with van der Waals surface area (Å²) in [6.07, 6.45) is 21.5. The zero-order valence-electron chi connectivity index (χ0n) is 15.8. The van der Waals surface area contributed by atoms with Gasteiger partial charge in [-0.1, -0.05) is 70.4 Å². The van der Waals surface area contributed by atoms with E-state index in [1.807, 2.05) is 0 Å². The molecule has 0 bridgehead atoms. The number of rotatable bonds is 16. The second kappa shape index (κ2) is 15.2. The van der Waals surface area contributed by atoms with Crippen LogP contribution in [0.15, 0.2) is 12.2 Å². The SMILES string of the molecule is CCCCCCCC/C=C\CCCCCCCC(=O)P(C)(C)=O. The Labute approximate surface area is 144 Å². The fourth-order valence-corrected chi connectivity index (χ4v) is 3.31. The smallest absolute Gasteiger partial charge is 0.191 e. The monoisotopic (exact) mass is 342 g/mol. The molecule has 0 aromatic carbocycles. The minimum Gasteiger partial charge on any atom is -0.316 e. The van der Waals surface area contributed by atoms with Crippen molar-refractivity contribution in [3.8, 4) is 0 Å². The van der Waals surface area contributed by atoms with Gasteiger partial charge in [0.05, 0.1) is 0 Å². The Morgan fingerprint density at radius 1 is 0.739 bits per heavy atom. The molecule has 2 nitrogen and oxygen atoms in total. The van der Waals surface area contributed by atoms with Crippen molar-refractivity contribution in [3.63, 3.8) is 0 Å². The molecule has 0 aliphatic heterocycles. The molecule has 0 saturated carbocycles. The van der Waals surface area contributed by atoms with Gasteiger partial charge in [0.2, 0.25) is 0 Å². The summed E-state index contributed by atoms with van der Waals surface area (Å²) in [5.74, 6) is 0. The van der Waals surface area contributed by atoms with Gasteiger partial charge in [-0.3, -0.25) is 4.79 Å². The molecule has 0 aromatic heterocycles. The van der Waals surface area contributed by atoms with Crippen LogP contribution in [0, 0.1) is 0 Å². The maximum atomic E-state index is 11.5. The molecule has 0 N–H and O–H groups in total. The average molecular weight is 343 g/mol. The summed E-state index contributed by atoms with van der Waals surface area (Å²) in [6.45, 7) is 5.41. The van der Waals surface area contributed by atoms with Gasteiger partial charge in [-0.2, -0.15) is 0 Å². The molecule has 136 valence electrons. The molecule has 0 rings (SSSR count). The molecule has 0 radical (unpaired) electrons. The van der Waals surface area contributed by atoms with Crippen molar-refractivity contribution in [1.82, 2.24) is 0 Å². The van der Waals surface area contributed by atoms with Crippen LogP contribution in [-0.2, 0) is 9.36 Å². The van der Waals surface area contributed by atoms with Crippen molar-refractivity contribution in [3.05, 3.63) is 12.2 Å². The van der Waals surface area contributed by atoms with Crippen molar-refractivity contribution in [2.45, 2.75) is 96.8 Å². The molecule has 0 heterocycles. The van der Waals surface area contributed by atoms with E-state index in [1.165, 1.54) is 70.6 Å². The summed E-state index contributed by atoms with van der Waals surface area (Å²) in [4.78, 5) is 11.5. The largest absolute Gasteiger partial charge is 0.316 e. The number of carbonyl (C=O) groups is 1. The second-order valence-corrected chi connectivity index (χ2v) is 10.3. The van der Waals surface area contributed by atoms with Crippen LogP contribution >= 0.6 is 7.14 Å². The predicted molar refractivity (Wildman–Crippen MR) is 104 cm³/mol. The first-order chi connectivity index (χ1) is 11.0. The zero-order valence-corrected chi connectivity index (χ0v) is 16.7. The summed E-state index contributed by atoms with van der Waals surface area (Å²) in [5.41, 5.74) is -0.0323. The fourth-order valence-electron chi connectivity index (χ4n) is 2.62. The van der Waals surface area contributed by atoms with Gasteiger partial charge in [-0.05, 0) is 45.4 Å². The minimum atomic E-state index is -2.49. The highest BCUT2D eigenvalue weighted by Gasteiger charge is 2.17. The molecular weight excluding hydrogens is 303 g/mol. The van der Waals surface area contributed by atoms with Crippen LogP contribution in [0.5, 0.6) is 0 Å². The fraction of sp³-hybridized carbons (Fsp3) is 0.850. The summed E-state index contributed by atoms with van der Waals surface area (Å²) in [7, 11) is -2.49. The molecule has 0 fully saturated rings. The van der Waals surface area contributed by atoms with E-state index in [2.05, 4.69) is 19.1 Å². The topological polar surface area (TPSA) is 34.1 Å². The Hall–Kier alpha value is -0.360. The first-order valence-corrected chi connectivity index (χ1v) is 12.3. The molecular formula is C20H39O2P. The molecule has 0 saturated heterocycles. The van der Waals surface area contributed by atoms with Crippen LogP contribution in [0.1, 0.15) is 96.8 Å². The Balaban J connectivity index is 3.25. The first kappa shape index (κ1) is 22.6. The van der Waals surface area contributed by atoms with Gasteiger partial charge in [0, 0.05) is 6.42 Å². The molecule has 0 aromatic rings. The summed E-state index contributed by atoms with van der Waals surface area (Å²) in [6, 6.07) is 0. The van der Waals surface area contributed by atoms with E-state index in [1.54, 1.807) is 13.3 Å². The van der Waals surface area contributed by atoms with Gasteiger partial charge in [-0.15, -0.1) is 0 Å². The van der Waals surface area contributed by atoms with E-state index in [0.717, 1.165) is 12.8 Å². The van der Waals surface area contributed by atoms with Crippen molar-refractivity contribution in [2.24, 2.45) is 0 Å². The number of allylic oxidation sites excluding steroid dienone is 2. The third-order valence-electron chi connectivity index (χ3n) is 4.25. The first-order valence-electron chi connectivity index (χ1n) is 9.72. The molecule has 23 heavy (non-hydrogen) atoms. The van der Waals surface area contributed by atoms with E-state index in [4.69, 9.17) is 0 Å². The maximum absolute atomic E-state index is 11.5. The lowest BCUT2D eigenvalue weighted by molar-refractivity contribution is -0.112. The lowest BCUT2D eigenvalue weighted by Gasteiger charge is -2.04. The van der Waals surface area contributed by atoms with Crippen molar-refractivity contribution < 1.29 is 9.36 Å². The maximum Gasteiger partial charge on any atom is 0.191 e. The number of unbranched alkanes of at least 4 members (excludes halogenated alkanes) is 11. The minimum absolute atomic E-state index is 0.0323. The van der Waals surface area contributed by atoms with Crippen LogP contribution in [0.25, 0.3) is 0 Å². The molecule has 0 spiro atoms. The Morgan fingerprint density at radius 2 is 1.17 bits per heavy atom. The van der Waals surface area contributed by atoms with Crippen molar-refractivity contribution >= 4 is 12.7 Å². The average Bonchev–Trinajstić information content (AvgIpc) is 2.50. The van der Waals surface area contributed by atoms with Crippen LogP contribution in [0.2, 0.25) is 0 Å². The van der Waals surface area contributed by atoms with E-state index in [0.29, 0.717) is 6.42 Å². The van der Waals surface area contributed by atoms with E-state index < -0.39 is 7.14 Å². The number of hydrogen-bond acceptors (Lipinski definition) is 2. The summed E-state index contributed by atoms with van der Waals surface area (Å²) < 4.78 is 11.5. The third-order valence-corrected chi connectivity index (χ3v) is 5.68. The van der Waals surface area contributed by atoms with Gasteiger partial charge >= 0.3 is 0 Å². The van der Waals surface area contributed by atoms with E-state index in [-0.39, 0.29) is 5.52 Å². The van der Waals surface area contributed by atoms with Gasteiger partial charge < -0.3 is 4.57 Å². The quantitative estimate of drug-likeness (QED) is 0.169. The highest BCUT2D eigenvalue weighted by Crippen LogP contribution is 2.38. The third kappa shape index (κ3) is 16.3. The van der Waals surface area contributed by atoms with Gasteiger partial charge in [0.25, 0.3) is 0 Å². The predicted octanol–water partition coefficient (Wildman–Crippen LogP) is 7.17. The number of hydrogen-bond donors (Lipinski definition) is 0. The molecule has 0 aliphatic rings. The lowest BCUT2D eigenvalue weighted by Crippen LogP contribution is -1.97. The van der Waals surface area contributed by atoms with Crippen LogP contribution in [0.4, 0.5) is 0 Å². The standard InChI is InChI=1S/C20H39O2P/c1-4-5-6-7-8-9-10-11-12-13-14-15-16-17-18-19-20(21)23(2,3)22/h11-12H,4-10,13-19H2,1-3H3/b12-11-. The Morgan fingerprint density at radius 3 is 1.65 bits per heavy atom. The van der Waals surface area contributed by atoms with Gasteiger partial charge in [0.15, 0.2) is 5.52 Å². The van der Waals surface area contributed by atoms with Gasteiger partial charge in [-0.25, -0.2) is 0 Å². The van der Waals surface area contributed by atoms with Crippen LogP contribution < -0.4 is 0 Å². The molecule has 0 aliphatic carbocycles. The number of carbonyl (C=O) groups excluding carboxylic acids is 1.